The molecule has 0 aliphatic heterocycles. The molecule has 25 heavy (non-hydrogen) atoms. The largest absolute Gasteiger partial charge is 0.480 e. The van der Waals surface area contributed by atoms with Crippen molar-refractivity contribution in [1.82, 2.24) is 0 Å². The number of halogens is 1. The van der Waals surface area contributed by atoms with E-state index in [2.05, 4.69) is 61.9 Å². The molecule has 0 saturated carbocycles. The van der Waals surface area contributed by atoms with Gasteiger partial charge in [-0.05, 0) is 57.4 Å². The lowest BCUT2D eigenvalue weighted by Gasteiger charge is -2.32. The quantitative estimate of drug-likeness (QED) is 0.374. The second kappa shape index (κ2) is 9.96. The van der Waals surface area contributed by atoms with Gasteiger partial charge in [0.1, 0.15) is 4.83 Å². The van der Waals surface area contributed by atoms with Gasteiger partial charge in [0, 0.05) is 0 Å². The van der Waals surface area contributed by atoms with Crippen molar-refractivity contribution in [3.63, 3.8) is 0 Å². The first-order valence-electron chi connectivity index (χ1n) is 8.90. The van der Waals surface area contributed by atoms with Crippen molar-refractivity contribution in [3.8, 4) is 0 Å². The summed E-state index contributed by atoms with van der Waals surface area (Å²) in [6.07, 6.45) is 16.7. The molecule has 0 aromatic heterocycles. The molecule has 0 aromatic rings. The monoisotopic (exact) mass is 406 g/mol. The summed E-state index contributed by atoms with van der Waals surface area (Å²) in [5.41, 5.74) is 5.52. The Hall–Kier alpha value is -1.35. The van der Waals surface area contributed by atoms with Gasteiger partial charge in [-0.25, -0.2) is 0 Å². The lowest BCUT2D eigenvalue weighted by molar-refractivity contribution is -0.136. The molecule has 1 unspecified atom stereocenters. The summed E-state index contributed by atoms with van der Waals surface area (Å²) in [5.74, 6) is -0.829. The molecule has 0 radical (unpaired) electrons. The molecule has 0 spiro atoms. The average Bonchev–Trinajstić information content (AvgIpc) is 2.51. The van der Waals surface area contributed by atoms with Crippen molar-refractivity contribution < 1.29 is 9.90 Å². The lowest BCUT2D eigenvalue weighted by Crippen LogP contribution is -2.19. The summed E-state index contributed by atoms with van der Waals surface area (Å²) in [6.45, 7) is 11.0. The molecule has 0 fully saturated rings. The number of aliphatic carboxylic acids is 1. The van der Waals surface area contributed by atoms with E-state index in [1.165, 1.54) is 36.0 Å². The van der Waals surface area contributed by atoms with Crippen LogP contribution in [0.1, 0.15) is 60.3 Å². The topological polar surface area (TPSA) is 37.3 Å². The van der Waals surface area contributed by atoms with Gasteiger partial charge in [-0.15, -0.1) is 0 Å². The molecule has 0 bridgehead atoms. The fourth-order valence-corrected chi connectivity index (χ4v) is 3.28. The predicted octanol–water partition coefficient (Wildman–Crippen LogP) is 6.76. The number of allylic oxidation sites excluding steroid dienone is 10. The van der Waals surface area contributed by atoms with Crippen LogP contribution in [-0.2, 0) is 4.79 Å². The highest BCUT2D eigenvalue weighted by Crippen LogP contribution is 2.40. The van der Waals surface area contributed by atoms with E-state index >= 15 is 0 Å². The number of carboxylic acids is 1. The highest BCUT2D eigenvalue weighted by atomic mass is 79.9. The highest BCUT2D eigenvalue weighted by Gasteiger charge is 2.26. The van der Waals surface area contributed by atoms with Gasteiger partial charge in [0.25, 0.3) is 0 Å². The van der Waals surface area contributed by atoms with Crippen LogP contribution in [-0.4, -0.2) is 15.9 Å². The van der Waals surface area contributed by atoms with E-state index in [-0.39, 0.29) is 5.41 Å². The van der Waals surface area contributed by atoms with Crippen molar-refractivity contribution in [2.45, 2.75) is 65.1 Å². The fraction of sp³-hybridized carbons (Fsp3) is 0.500. The zero-order valence-electron chi connectivity index (χ0n) is 16.1. The number of carbonyl (C=O) groups is 1. The third-order valence-corrected chi connectivity index (χ3v) is 5.45. The minimum atomic E-state index is -0.829. The Balaban J connectivity index is 2.69. The second-order valence-electron chi connectivity index (χ2n) is 7.52. The predicted molar refractivity (Wildman–Crippen MR) is 111 cm³/mol. The number of hydrogen-bond donors (Lipinski definition) is 1. The Morgan fingerprint density at radius 2 is 1.96 bits per heavy atom. The molecule has 0 aromatic carbocycles. The van der Waals surface area contributed by atoms with Crippen LogP contribution in [0.15, 0.2) is 58.7 Å². The van der Waals surface area contributed by atoms with Crippen LogP contribution in [0.3, 0.4) is 0 Å². The third kappa shape index (κ3) is 7.60. The maximum atomic E-state index is 10.8. The number of alkyl halides is 1. The number of carboxylic acid groups (broad SMARTS) is 1. The highest BCUT2D eigenvalue weighted by molar-refractivity contribution is 9.10. The van der Waals surface area contributed by atoms with Crippen LogP contribution in [0.2, 0.25) is 0 Å². The van der Waals surface area contributed by atoms with Gasteiger partial charge in [0.05, 0.1) is 0 Å². The zero-order chi connectivity index (χ0) is 19.0. The van der Waals surface area contributed by atoms with Gasteiger partial charge in [0.15, 0.2) is 0 Å². The molecule has 1 atom stereocenters. The van der Waals surface area contributed by atoms with E-state index in [0.717, 1.165) is 5.57 Å². The molecule has 0 saturated heterocycles. The van der Waals surface area contributed by atoms with Gasteiger partial charge in [0.2, 0.25) is 0 Å². The SMILES string of the molecule is CC(C=CC1=C(C)CCCC1(C)C)=C/C=C\C(C)=CCC(Br)C(=O)O. The molecule has 0 heterocycles. The molecule has 3 heteroatoms. The summed E-state index contributed by atoms with van der Waals surface area (Å²) in [7, 11) is 0. The van der Waals surface area contributed by atoms with Crippen LogP contribution >= 0.6 is 15.9 Å². The van der Waals surface area contributed by atoms with Crippen LogP contribution < -0.4 is 0 Å². The first-order valence-corrected chi connectivity index (χ1v) is 9.82. The Kier molecular flexibility index (Phi) is 8.64. The van der Waals surface area contributed by atoms with Crippen molar-refractivity contribution in [1.29, 1.82) is 0 Å². The first-order chi connectivity index (χ1) is 11.6. The number of hydrogen-bond acceptors (Lipinski definition) is 1. The van der Waals surface area contributed by atoms with Crippen LogP contribution in [0.5, 0.6) is 0 Å². The molecule has 1 aliphatic rings. The van der Waals surface area contributed by atoms with E-state index in [9.17, 15) is 4.79 Å². The van der Waals surface area contributed by atoms with Crippen molar-refractivity contribution in [3.05, 3.63) is 58.7 Å². The Morgan fingerprint density at radius 3 is 2.56 bits per heavy atom. The Labute approximate surface area is 161 Å². The van der Waals surface area contributed by atoms with Gasteiger partial charge in [-0.1, -0.05) is 83.0 Å². The van der Waals surface area contributed by atoms with Gasteiger partial charge >= 0.3 is 5.97 Å². The van der Waals surface area contributed by atoms with E-state index < -0.39 is 10.8 Å². The van der Waals surface area contributed by atoms with Gasteiger partial charge in [-0.3, -0.25) is 4.79 Å². The second-order valence-corrected chi connectivity index (χ2v) is 8.63. The van der Waals surface area contributed by atoms with Gasteiger partial charge < -0.3 is 5.11 Å². The van der Waals surface area contributed by atoms with Crippen molar-refractivity contribution in [2.24, 2.45) is 5.41 Å². The van der Waals surface area contributed by atoms with E-state index in [0.29, 0.717) is 6.42 Å². The maximum Gasteiger partial charge on any atom is 0.317 e. The van der Waals surface area contributed by atoms with E-state index in [1.54, 1.807) is 0 Å². The molecule has 1 aliphatic carbocycles. The van der Waals surface area contributed by atoms with E-state index in [1.807, 2.05) is 25.2 Å². The first kappa shape index (κ1) is 21.7. The van der Waals surface area contributed by atoms with Crippen LogP contribution in [0.25, 0.3) is 0 Å². The minimum absolute atomic E-state index is 0.268. The maximum absolute atomic E-state index is 10.8. The molecule has 0 amide bonds. The minimum Gasteiger partial charge on any atom is -0.480 e. The summed E-state index contributed by atoms with van der Waals surface area (Å²) in [4.78, 5) is 10.2. The fourth-order valence-electron chi connectivity index (χ4n) is 3.09. The van der Waals surface area contributed by atoms with Gasteiger partial charge in [-0.2, -0.15) is 0 Å². The summed E-state index contributed by atoms with van der Waals surface area (Å²) < 4.78 is 0. The Bertz CT molecular complexity index is 630. The summed E-state index contributed by atoms with van der Waals surface area (Å²) in [6, 6.07) is 0. The third-order valence-electron chi connectivity index (χ3n) is 4.69. The van der Waals surface area contributed by atoms with Crippen LogP contribution in [0.4, 0.5) is 0 Å². The molecular formula is C22H31BrO2. The normalized spacial score (nSPS) is 20.6. The molecule has 2 nitrogen and oxygen atoms in total. The van der Waals surface area contributed by atoms with Crippen molar-refractivity contribution >= 4 is 21.9 Å². The molecule has 1 rings (SSSR count). The smallest absolute Gasteiger partial charge is 0.317 e. The molecular weight excluding hydrogens is 376 g/mol. The Morgan fingerprint density at radius 1 is 1.28 bits per heavy atom. The summed E-state index contributed by atoms with van der Waals surface area (Å²) >= 11 is 3.14. The standard InChI is InChI=1S/C22H31BrO2/c1-16(8-6-9-17(2)12-14-20(23)21(24)25)11-13-19-18(3)10-7-15-22(19,4)5/h6,8-9,11-13,20H,7,10,14-15H2,1-5H3,(H,24,25)/b9-6-,13-11?,16-8?,17-12?. The van der Waals surface area contributed by atoms with Crippen molar-refractivity contribution in [2.75, 3.05) is 0 Å². The average molecular weight is 407 g/mol. The zero-order valence-corrected chi connectivity index (χ0v) is 17.7. The summed E-state index contributed by atoms with van der Waals surface area (Å²) in [5, 5.41) is 8.85. The number of rotatable bonds is 7. The molecule has 138 valence electrons. The van der Waals surface area contributed by atoms with E-state index in [4.69, 9.17) is 5.11 Å². The molecule has 1 N–H and O–H groups in total. The van der Waals surface area contributed by atoms with Crippen LogP contribution in [0, 0.1) is 5.41 Å². The lowest BCUT2D eigenvalue weighted by atomic mass is 9.72.